The van der Waals surface area contributed by atoms with Crippen LogP contribution in [0.4, 0.5) is 5.69 Å². The molecule has 0 amide bonds. The summed E-state index contributed by atoms with van der Waals surface area (Å²) in [4.78, 5) is 6.28. The minimum Gasteiger partial charge on any atom is -0.373 e. The predicted octanol–water partition coefficient (Wildman–Crippen LogP) is 2.46. The monoisotopic (exact) mass is 241 g/mol. The minimum atomic E-state index is 0.0786. The molecule has 0 spiro atoms. The van der Waals surface area contributed by atoms with E-state index in [-0.39, 0.29) is 5.41 Å². The van der Waals surface area contributed by atoms with Crippen LogP contribution in [0.5, 0.6) is 0 Å². The van der Waals surface area contributed by atoms with Crippen LogP contribution in [0.2, 0.25) is 5.02 Å². The summed E-state index contributed by atoms with van der Waals surface area (Å²) in [6, 6.07) is 1.93. The summed E-state index contributed by atoms with van der Waals surface area (Å²) in [6.07, 6.45) is 1.78. The molecule has 1 aromatic rings. The first-order valence-corrected chi connectivity index (χ1v) is 5.77. The van der Waals surface area contributed by atoms with Gasteiger partial charge in [-0.3, -0.25) is 4.98 Å². The molecule has 16 heavy (non-hydrogen) atoms. The van der Waals surface area contributed by atoms with Crippen molar-refractivity contribution in [3.05, 3.63) is 23.0 Å². The minimum absolute atomic E-state index is 0.0786. The smallest absolute Gasteiger partial charge is 0.0851 e. The molecule has 0 aliphatic carbocycles. The topological polar surface area (TPSA) is 42.2 Å². The average molecular weight is 242 g/mol. The number of aryl methyl sites for hydroxylation is 1. The maximum atomic E-state index is 6.22. The quantitative estimate of drug-likeness (QED) is 0.881. The molecule has 1 heterocycles. The molecule has 0 atom stereocenters. The van der Waals surface area contributed by atoms with Crippen molar-refractivity contribution in [2.75, 3.05) is 25.0 Å². The Kier molecular flexibility index (Phi) is 4.16. The molecule has 0 radical (unpaired) electrons. The molecule has 1 aromatic heterocycles. The number of hydrogen-bond acceptors (Lipinski definition) is 3. The van der Waals surface area contributed by atoms with Crippen molar-refractivity contribution >= 4 is 17.3 Å². The summed E-state index contributed by atoms with van der Waals surface area (Å²) < 4.78 is 0. The van der Waals surface area contributed by atoms with Crippen molar-refractivity contribution < 1.29 is 0 Å². The van der Waals surface area contributed by atoms with Crippen LogP contribution >= 0.6 is 11.6 Å². The van der Waals surface area contributed by atoms with Crippen molar-refractivity contribution in [2.45, 2.75) is 20.8 Å². The summed E-state index contributed by atoms with van der Waals surface area (Å²) >= 11 is 6.22. The highest BCUT2D eigenvalue weighted by Crippen LogP contribution is 2.28. The van der Waals surface area contributed by atoms with Gasteiger partial charge in [0.05, 0.1) is 16.4 Å². The van der Waals surface area contributed by atoms with Gasteiger partial charge in [-0.25, -0.2) is 0 Å². The Hall–Kier alpha value is -0.800. The summed E-state index contributed by atoms with van der Waals surface area (Å²) in [7, 11) is 2.03. The lowest BCUT2D eigenvalue weighted by molar-refractivity contribution is 0.385. The number of anilines is 1. The van der Waals surface area contributed by atoms with E-state index in [0.29, 0.717) is 6.54 Å². The number of nitrogens with two attached hydrogens (primary N) is 1. The van der Waals surface area contributed by atoms with E-state index in [2.05, 4.69) is 23.7 Å². The summed E-state index contributed by atoms with van der Waals surface area (Å²) in [5.74, 6) is 0. The molecule has 3 nitrogen and oxygen atoms in total. The largest absolute Gasteiger partial charge is 0.373 e. The van der Waals surface area contributed by atoms with Gasteiger partial charge in [-0.05, 0) is 24.9 Å². The fraction of sp³-hybridized carbons (Fsp3) is 0.583. The van der Waals surface area contributed by atoms with Crippen LogP contribution in [-0.4, -0.2) is 25.1 Å². The third-order valence-electron chi connectivity index (χ3n) is 2.67. The molecule has 0 saturated carbocycles. The zero-order valence-corrected chi connectivity index (χ0v) is 11.2. The number of hydrogen-bond donors (Lipinski definition) is 1. The fourth-order valence-electron chi connectivity index (χ4n) is 1.62. The molecule has 0 fully saturated rings. The highest BCUT2D eigenvalue weighted by Gasteiger charge is 2.19. The molecule has 2 N–H and O–H groups in total. The zero-order chi connectivity index (χ0) is 12.3. The van der Waals surface area contributed by atoms with Crippen molar-refractivity contribution in [2.24, 2.45) is 11.1 Å². The molecule has 0 bridgehead atoms. The Balaban J connectivity index is 2.89. The zero-order valence-electron chi connectivity index (χ0n) is 10.4. The Morgan fingerprint density at radius 3 is 2.69 bits per heavy atom. The van der Waals surface area contributed by atoms with Crippen LogP contribution < -0.4 is 10.6 Å². The van der Waals surface area contributed by atoms with Crippen molar-refractivity contribution in [3.8, 4) is 0 Å². The predicted molar refractivity (Wildman–Crippen MR) is 70.1 cm³/mol. The van der Waals surface area contributed by atoms with Gasteiger partial charge in [-0.2, -0.15) is 0 Å². The van der Waals surface area contributed by atoms with E-state index < -0.39 is 0 Å². The first-order chi connectivity index (χ1) is 7.37. The number of rotatable bonds is 4. The Morgan fingerprint density at radius 1 is 1.50 bits per heavy atom. The van der Waals surface area contributed by atoms with Crippen LogP contribution in [0.3, 0.4) is 0 Å². The third-order valence-corrected chi connectivity index (χ3v) is 3.14. The molecule has 0 saturated heterocycles. The standard InChI is InChI=1S/C12H20ClN3/c1-9-11(13)10(5-6-15-9)16(4)8-12(2,3)7-14/h5-6H,7-8,14H2,1-4H3. The highest BCUT2D eigenvalue weighted by molar-refractivity contribution is 6.33. The Morgan fingerprint density at radius 2 is 2.12 bits per heavy atom. The summed E-state index contributed by atoms with van der Waals surface area (Å²) in [5.41, 5.74) is 7.68. The van der Waals surface area contributed by atoms with E-state index in [1.807, 2.05) is 20.0 Å². The first-order valence-electron chi connectivity index (χ1n) is 5.40. The molecule has 1 rings (SSSR count). The lowest BCUT2D eigenvalue weighted by Crippen LogP contribution is -2.36. The molecule has 0 aromatic carbocycles. The molecule has 0 aliphatic rings. The third kappa shape index (κ3) is 3.09. The molecule has 0 unspecified atom stereocenters. The second-order valence-corrected chi connectivity index (χ2v) is 5.33. The van der Waals surface area contributed by atoms with E-state index in [4.69, 9.17) is 17.3 Å². The number of aromatic nitrogens is 1. The number of nitrogens with zero attached hydrogens (tertiary/aromatic N) is 2. The van der Waals surface area contributed by atoms with Gasteiger partial charge in [0, 0.05) is 19.8 Å². The normalized spacial score (nSPS) is 11.6. The van der Waals surface area contributed by atoms with E-state index in [1.54, 1.807) is 6.20 Å². The van der Waals surface area contributed by atoms with Crippen LogP contribution in [0.1, 0.15) is 19.5 Å². The van der Waals surface area contributed by atoms with Crippen LogP contribution in [-0.2, 0) is 0 Å². The van der Waals surface area contributed by atoms with Gasteiger partial charge in [-0.15, -0.1) is 0 Å². The van der Waals surface area contributed by atoms with Crippen LogP contribution in [0.25, 0.3) is 0 Å². The first kappa shape index (κ1) is 13.3. The molecule has 90 valence electrons. The van der Waals surface area contributed by atoms with Gasteiger partial charge in [0.25, 0.3) is 0 Å². The number of halogens is 1. The number of pyridine rings is 1. The summed E-state index contributed by atoms with van der Waals surface area (Å²) in [6.45, 7) is 7.72. The summed E-state index contributed by atoms with van der Waals surface area (Å²) in [5, 5.41) is 0.720. The molecule has 4 heteroatoms. The highest BCUT2D eigenvalue weighted by atomic mass is 35.5. The lowest BCUT2D eigenvalue weighted by atomic mass is 9.93. The van der Waals surface area contributed by atoms with Crippen molar-refractivity contribution in [3.63, 3.8) is 0 Å². The van der Waals surface area contributed by atoms with E-state index in [9.17, 15) is 0 Å². The van der Waals surface area contributed by atoms with Gasteiger partial charge in [0.2, 0.25) is 0 Å². The van der Waals surface area contributed by atoms with Gasteiger partial charge in [0.15, 0.2) is 0 Å². The maximum Gasteiger partial charge on any atom is 0.0851 e. The molecular weight excluding hydrogens is 222 g/mol. The second kappa shape index (κ2) is 5.02. The molecule has 0 aliphatic heterocycles. The fourth-order valence-corrected chi connectivity index (χ4v) is 1.88. The van der Waals surface area contributed by atoms with Crippen LogP contribution in [0, 0.1) is 12.3 Å². The van der Waals surface area contributed by atoms with Crippen molar-refractivity contribution in [1.29, 1.82) is 0 Å². The maximum absolute atomic E-state index is 6.22. The van der Waals surface area contributed by atoms with Gasteiger partial charge in [-0.1, -0.05) is 25.4 Å². The van der Waals surface area contributed by atoms with E-state index in [1.165, 1.54) is 0 Å². The second-order valence-electron chi connectivity index (χ2n) is 4.95. The van der Waals surface area contributed by atoms with Crippen molar-refractivity contribution in [1.82, 2.24) is 4.98 Å². The SMILES string of the molecule is Cc1nccc(N(C)CC(C)(C)CN)c1Cl. The molecular formula is C12H20ClN3. The van der Waals surface area contributed by atoms with Gasteiger partial charge in [0.1, 0.15) is 0 Å². The Labute approximate surface area is 103 Å². The lowest BCUT2D eigenvalue weighted by Gasteiger charge is -2.31. The Bertz CT molecular complexity index is 363. The van der Waals surface area contributed by atoms with Crippen LogP contribution in [0.15, 0.2) is 12.3 Å². The average Bonchev–Trinajstić information content (AvgIpc) is 2.21. The van der Waals surface area contributed by atoms with Gasteiger partial charge < -0.3 is 10.6 Å². The van der Waals surface area contributed by atoms with E-state index in [0.717, 1.165) is 22.9 Å². The van der Waals surface area contributed by atoms with Gasteiger partial charge >= 0.3 is 0 Å². The van der Waals surface area contributed by atoms with E-state index >= 15 is 0 Å².